The summed E-state index contributed by atoms with van der Waals surface area (Å²) in [6, 6.07) is 0.248. The number of aliphatic hydroxyl groups is 1. The lowest BCUT2D eigenvalue weighted by atomic mass is 10.0. The molecule has 94 valence electrons. The maximum absolute atomic E-state index is 9.38. The summed E-state index contributed by atoms with van der Waals surface area (Å²) in [6.45, 7) is 4.12. The number of hydrogen-bond acceptors (Lipinski definition) is 5. The number of hydrogen-bond donors (Lipinski definition) is 1. The zero-order valence-electron chi connectivity index (χ0n) is 10.2. The van der Waals surface area contributed by atoms with E-state index in [0.717, 1.165) is 24.7 Å². The summed E-state index contributed by atoms with van der Waals surface area (Å²) in [5.74, 6) is 2.63. The normalized spacial score (nSPS) is 30.0. The summed E-state index contributed by atoms with van der Waals surface area (Å²) in [7, 11) is 0. The van der Waals surface area contributed by atoms with Gasteiger partial charge >= 0.3 is 0 Å². The topological polar surface area (TPSA) is 62.4 Å². The Balaban J connectivity index is 1.65. The Labute approximate surface area is 101 Å². The molecule has 1 saturated heterocycles. The molecule has 1 saturated carbocycles. The lowest BCUT2D eigenvalue weighted by Gasteiger charge is -2.23. The van der Waals surface area contributed by atoms with E-state index in [1.807, 2.05) is 0 Å². The molecule has 1 N–H and O–H groups in total. The minimum Gasteiger partial charge on any atom is -0.395 e. The van der Waals surface area contributed by atoms with E-state index in [0.29, 0.717) is 18.4 Å². The molecule has 1 aliphatic heterocycles. The SMILES string of the molecule is CC1CCN(Cc2noc(C3CC3)n2)C1CO. The zero-order chi connectivity index (χ0) is 11.8. The Hall–Kier alpha value is -0.940. The van der Waals surface area contributed by atoms with Crippen LogP contribution in [0.4, 0.5) is 0 Å². The number of aliphatic hydroxyl groups excluding tert-OH is 1. The van der Waals surface area contributed by atoms with Gasteiger partial charge in [0.2, 0.25) is 5.89 Å². The Morgan fingerprint density at radius 1 is 1.41 bits per heavy atom. The molecule has 0 aromatic carbocycles. The van der Waals surface area contributed by atoms with Crippen LogP contribution in [-0.2, 0) is 6.54 Å². The van der Waals surface area contributed by atoms with E-state index in [1.165, 1.54) is 12.8 Å². The van der Waals surface area contributed by atoms with Gasteiger partial charge in [0.15, 0.2) is 5.82 Å². The van der Waals surface area contributed by atoms with E-state index in [-0.39, 0.29) is 12.6 Å². The standard InChI is InChI=1S/C12H19N3O2/c1-8-4-5-15(10(8)7-16)6-11-13-12(17-14-11)9-2-3-9/h8-10,16H,2-7H2,1H3. The van der Waals surface area contributed by atoms with Crippen LogP contribution in [0.15, 0.2) is 4.52 Å². The van der Waals surface area contributed by atoms with Crippen molar-refractivity contribution in [2.45, 2.75) is 44.7 Å². The molecule has 17 heavy (non-hydrogen) atoms. The zero-order valence-corrected chi connectivity index (χ0v) is 10.2. The Bertz CT molecular complexity index is 389. The highest BCUT2D eigenvalue weighted by Gasteiger charge is 2.33. The maximum atomic E-state index is 9.38. The molecular formula is C12H19N3O2. The van der Waals surface area contributed by atoms with Gasteiger partial charge < -0.3 is 9.63 Å². The first-order valence-corrected chi connectivity index (χ1v) is 6.45. The van der Waals surface area contributed by atoms with Crippen LogP contribution < -0.4 is 0 Å². The van der Waals surface area contributed by atoms with Gasteiger partial charge in [0.25, 0.3) is 0 Å². The fourth-order valence-corrected chi connectivity index (χ4v) is 2.59. The molecule has 2 atom stereocenters. The van der Waals surface area contributed by atoms with Gasteiger partial charge in [0, 0.05) is 12.0 Å². The first kappa shape index (κ1) is 11.2. The quantitative estimate of drug-likeness (QED) is 0.851. The molecule has 2 aliphatic rings. The highest BCUT2D eigenvalue weighted by molar-refractivity contribution is 5.02. The van der Waals surface area contributed by atoms with Crippen LogP contribution in [0, 0.1) is 5.92 Å². The second kappa shape index (κ2) is 4.38. The number of likely N-dealkylation sites (tertiary alicyclic amines) is 1. The van der Waals surface area contributed by atoms with Crippen molar-refractivity contribution in [2.24, 2.45) is 5.92 Å². The smallest absolute Gasteiger partial charge is 0.229 e. The minimum atomic E-state index is 0.217. The van der Waals surface area contributed by atoms with Crippen LogP contribution in [0.3, 0.4) is 0 Å². The molecule has 1 aromatic rings. The fraction of sp³-hybridized carbons (Fsp3) is 0.833. The van der Waals surface area contributed by atoms with Crippen LogP contribution >= 0.6 is 0 Å². The maximum Gasteiger partial charge on any atom is 0.229 e. The van der Waals surface area contributed by atoms with E-state index >= 15 is 0 Å². The molecule has 2 heterocycles. The van der Waals surface area contributed by atoms with E-state index in [4.69, 9.17) is 4.52 Å². The van der Waals surface area contributed by atoms with Crippen LogP contribution in [0.25, 0.3) is 0 Å². The molecule has 0 spiro atoms. The third-order valence-corrected chi connectivity index (χ3v) is 3.94. The predicted octanol–water partition coefficient (Wildman–Crippen LogP) is 1.15. The van der Waals surface area contributed by atoms with Gasteiger partial charge in [0.1, 0.15) is 0 Å². The van der Waals surface area contributed by atoms with Crippen molar-refractivity contribution < 1.29 is 9.63 Å². The molecule has 1 aliphatic carbocycles. The molecule has 2 unspecified atom stereocenters. The van der Waals surface area contributed by atoms with Crippen LogP contribution in [-0.4, -0.2) is 39.3 Å². The van der Waals surface area contributed by atoms with Crippen molar-refractivity contribution in [3.8, 4) is 0 Å². The molecular weight excluding hydrogens is 218 g/mol. The third kappa shape index (κ3) is 2.21. The summed E-state index contributed by atoms with van der Waals surface area (Å²) in [6.07, 6.45) is 3.50. The molecule has 5 nitrogen and oxygen atoms in total. The Morgan fingerprint density at radius 3 is 2.94 bits per heavy atom. The highest BCUT2D eigenvalue weighted by atomic mass is 16.5. The Morgan fingerprint density at radius 2 is 2.24 bits per heavy atom. The largest absolute Gasteiger partial charge is 0.395 e. The highest BCUT2D eigenvalue weighted by Crippen LogP contribution is 2.39. The number of rotatable bonds is 4. The van der Waals surface area contributed by atoms with Crippen molar-refractivity contribution in [1.29, 1.82) is 0 Å². The molecule has 0 radical (unpaired) electrons. The Kier molecular flexibility index (Phi) is 2.88. The van der Waals surface area contributed by atoms with E-state index in [1.54, 1.807) is 0 Å². The van der Waals surface area contributed by atoms with Gasteiger partial charge in [-0.25, -0.2) is 0 Å². The summed E-state index contributed by atoms with van der Waals surface area (Å²) >= 11 is 0. The van der Waals surface area contributed by atoms with Gasteiger partial charge in [-0.05, 0) is 31.7 Å². The van der Waals surface area contributed by atoms with Crippen LogP contribution in [0.2, 0.25) is 0 Å². The van der Waals surface area contributed by atoms with Crippen molar-refractivity contribution >= 4 is 0 Å². The predicted molar refractivity (Wildman–Crippen MR) is 61.3 cm³/mol. The summed E-state index contributed by atoms with van der Waals surface area (Å²) < 4.78 is 5.24. The van der Waals surface area contributed by atoms with Crippen LogP contribution in [0.1, 0.15) is 43.8 Å². The lowest BCUT2D eigenvalue weighted by Crippen LogP contribution is -2.34. The second-order valence-corrected chi connectivity index (χ2v) is 5.31. The third-order valence-electron chi connectivity index (χ3n) is 3.94. The van der Waals surface area contributed by atoms with Crippen LogP contribution in [0.5, 0.6) is 0 Å². The van der Waals surface area contributed by atoms with Crippen molar-refractivity contribution in [1.82, 2.24) is 15.0 Å². The minimum absolute atomic E-state index is 0.217. The average molecular weight is 237 g/mol. The van der Waals surface area contributed by atoms with Crippen molar-refractivity contribution in [2.75, 3.05) is 13.2 Å². The average Bonchev–Trinajstić information content (AvgIpc) is 2.98. The van der Waals surface area contributed by atoms with E-state index in [2.05, 4.69) is 22.0 Å². The van der Waals surface area contributed by atoms with Gasteiger partial charge in [0.05, 0.1) is 13.2 Å². The molecule has 0 bridgehead atoms. The molecule has 5 heteroatoms. The van der Waals surface area contributed by atoms with Gasteiger partial charge in [-0.15, -0.1) is 0 Å². The molecule has 2 fully saturated rings. The fourth-order valence-electron chi connectivity index (χ4n) is 2.59. The summed E-state index contributed by atoms with van der Waals surface area (Å²) in [5.41, 5.74) is 0. The number of aromatic nitrogens is 2. The molecule has 3 rings (SSSR count). The second-order valence-electron chi connectivity index (χ2n) is 5.31. The molecule has 0 amide bonds. The summed E-state index contributed by atoms with van der Waals surface area (Å²) in [4.78, 5) is 6.68. The number of nitrogens with zero attached hydrogens (tertiary/aromatic N) is 3. The lowest BCUT2D eigenvalue weighted by molar-refractivity contribution is 0.131. The van der Waals surface area contributed by atoms with E-state index < -0.39 is 0 Å². The van der Waals surface area contributed by atoms with Gasteiger partial charge in [-0.1, -0.05) is 12.1 Å². The van der Waals surface area contributed by atoms with Crippen molar-refractivity contribution in [3.63, 3.8) is 0 Å². The monoisotopic (exact) mass is 237 g/mol. The molecule has 1 aromatic heterocycles. The first-order valence-electron chi connectivity index (χ1n) is 6.45. The first-order chi connectivity index (χ1) is 8.28. The van der Waals surface area contributed by atoms with E-state index in [9.17, 15) is 5.11 Å². The van der Waals surface area contributed by atoms with Gasteiger partial charge in [-0.3, -0.25) is 4.90 Å². The van der Waals surface area contributed by atoms with Crippen molar-refractivity contribution in [3.05, 3.63) is 11.7 Å². The summed E-state index contributed by atoms with van der Waals surface area (Å²) in [5, 5.41) is 13.4. The van der Waals surface area contributed by atoms with Gasteiger partial charge in [-0.2, -0.15) is 4.98 Å².